The van der Waals surface area contributed by atoms with Crippen LogP contribution in [0, 0.1) is 10.1 Å². The van der Waals surface area contributed by atoms with Crippen LogP contribution < -0.4 is 0 Å². The highest BCUT2D eigenvalue weighted by Gasteiger charge is 2.20. The molecule has 1 aromatic carbocycles. The third-order valence-corrected chi connectivity index (χ3v) is 2.46. The molecule has 0 spiro atoms. The number of nitrogens with zero attached hydrogens (tertiary/aromatic N) is 1. The maximum Gasteiger partial charge on any atom is 0.335 e. The van der Waals surface area contributed by atoms with E-state index < -0.39 is 10.9 Å². The fourth-order valence-corrected chi connectivity index (χ4v) is 1.66. The molecule has 1 aromatic rings. The van der Waals surface area contributed by atoms with E-state index in [2.05, 4.69) is 0 Å². The SMILES string of the molecule is CCc1cc(C(=O)O)cc(CC)c1[N+](=O)[O-]. The molecule has 0 aliphatic carbocycles. The molecule has 86 valence electrons. The van der Waals surface area contributed by atoms with E-state index in [1.807, 2.05) is 0 Å². The molecule has 5 heteroatoms. The first-order chi connectivity index (χ1) is 7.51. The molecule has 0 saturated carbocycles. The molecule has 0 radical (unpaired) electrons. The molecule has 0 aliphatic heterocycles. The number of nitro groups is 1. The van der Waals surface area contributed by atoms with Crippen LogP contribution in [-0.4, -0.2) is 16.0 Å². The first-order valence-electron chi connectivity index (χ1n) is 5.04. The predicted octanol–water partition coefficient (Wildman–Crippen LogP) is 2.42. The molecule has 16 heavy (non-hydrogen) atoms. The number of carbonyl (C=O) groups is 1. The molecule has 1 rings (SSSR count). The van der Waals surface area contributed by atoms with E-state index in [0.29, 0.717) is 24.0 Å². The lowest BCUT2D eigenvalue weighted by molar-refractivity contribution is -0.386. The van der Waals surface area contributed by atoms with Crippen molar-refractivity contribution in [1.82, 2.24) is 0 Å². The Morgan fingerprint density at radius 1 is 1.31 bits per heavy atom. The lowest BCUT2D eigenvalue weighted by atomic mass is 9.99. The summed E-state index contributed by atoms with van der Waals surface area (Å²) in [5.41, 5.74) is 1.11. The van der Waals surface area contributed by atoms with Crippen molar-refractivity contribution in [3.63, 3.8) is 0 Å². The van der Waals surface area contributed by atoms with Crippen LogP contribution in [0.1, 0.15) is 35.3 Å². The van der Waals surface area contributed by atoms with Crippen molar-refractivity contribution in [3.05, 3.63) is 38.9 Å². The van der Waals surface area contributed by atoms with Crippen molar-refractivity contribution >= 4 is 11.7 Å². The second-order valence-electron chi connectivity index (χ2n) is 3.41. The Hall–Kier alpha value is -1.91. The highest BCUT2D eigenvalue weighted by atomic mass is 16.6. The van der Waals surface area contributed by atoms with Gasteiger partial charge in [-0.1, -0.05) is 13.8 Å². The van der Waals surface area contributed by atoms with Gasteiger partial charge in [0.1, 0.15) is 0 Å². The summed E-state index contributed by atoms with van der Waals surface area (Å²) in [6.07, 6.45) is 0.898. The van der Waals surface area contributed by atoms with Gasteiger partial charge in [0.25, 0.3) is 5.69 Å². The number of hydrogen-bond donors (Lipinski definition) is 1. The van der Waals surface area contributed by atoms with E-state index in [1.165, 1.54) is 12.1 Å². The van der Waals surface area contributed by atoms with Gasteiger partial charge in [-0.2, -0.15) is 0 Å². The van der Waals surface area contributed by atoms with Gasteiger partial charge < -0.3 is 5.11 Å². The van der Waals surface area contributed by atoms with Crippen LogP contribution in [0.3, 0.4) is 0 Å². The zero-order chi connectivity index (χ0) is 12.3. The van der Waals surface area contributed by atoms with E-state index in [1.54, 1.807) is 13.8 Å². The summed E-state index contributed by atoms with van der Waals surface area (Å²) in [6.45, 7) is 3.54. The zero-order valence-corrected chi connectivity index (χ0v) is 9.19. The van der Waals surface area contributed by atoms with Crippen molar-refractivity contribution in [3.8, 4) is 0 Å². The van der Waals surface area contributed by atoms with Crippen molar-refractivity contribution in [2.24, 2.45) is 0 Å². The Morgan fingerprint density at radius 2 is 1.75 bits per heavy atom. The minimum atomic E-state index is -1.06. The number of aromatic carboxylic acids is 1. The van der Waals surface area contributed by atoms with Gasteiger partial charge in [0.2, 0.25) is 0 Å². The quantitative estimate of drug-likeness (QED) is 0.627. The third kappa shape index (κ3) is 2.18. The number of rotatable bonds is 4. The van der Waals surface area contributed by atoms with Crippen LogP contribution in [0.2, 0.25) is 0 Å². The van der Waals surface area contributed by atoms with Crippen molar-refractivity contribution in [1.29, 1.82) is 0 Å². The third-order valence-electron chi connectivity index (χ3n) is 2.46. The lowest BCUT2D eigenvalue weighted by Gasteiger charge is -2.06. The summed E-state index contributed by atoms with van der Waals surface area (Å²) in [6, 6.07) is 2.75. The van der Waals surface area contributed by atoms with Crippen LogP contribution in [0.5, 0.6) is 0 Å². The molecule has 0 atom stereocenters. The lowest BCUT2D eigenvalue weighted by Crippen LogP contribution is -2.04. The number of nitro benzene ring substituents is 1. The molecule has 0 amide bonds. The molecular formula is C11H13NO4. The van der Waals surface area contributed by atoms with Gasteiger partial charge in [0.15, 0.2) is 0 Å². The fraction of sp³-hybridized carbons (Fsp3) is 0.364. The molecule has 0 fully saturated rings. The Kier molecular flexibility index (Phi) is 3.60. The van der Waals surface area contributed by atoms with Gasteiger partial charge >= 0.3 is 5.97 Å². The van der Waals surface area contributed by atoms with Crippen LogP contribution in [0.4, 0.5) is 5.69 Å². The minimum Gasteiger partial charge on any atom is -0.478 e. The van der Waals surface area contributed by atoms with E-state index in [9.17, 15) is 14.9 Å². The molecular weight excluding hydrogens is 210 g/mol. The highest BCUT2D eigenvalue weighted by Crippen LogP contribution is 2.26. The second kappa shape index (κ2) is 4.74. The average Bonchev–Trinajstić information content (AvgIpc) is 2.26. The summed E-state index contributed by atoms with van der Waals surface area (Å²) in [5.74, 6) is -1.06. The van der Waals surface area contributed by atoms with Crippen LogP contribution in [0.15, 0.2) is 12.1 Å². The molecule has 0 aromatic heterocycles. The van der Waals surface area contributed by atoms with Crippen LogP contribution >= 0.6 is 0 Å². The Labute approximate surface area is 92.9 Å². The van der Waals surface area contributed by atoms with Crippen molar-refractivity contribution in [2.45, 2.75) is 26.7 Å². The van der Waals surface area contributed by atoms with Gasteiger partial charge in [-0.3, -0.25) is 10.1 Å². The summed E-state index contributed by atoms with van der Waals surface area (Å²) in [7, 11) is 0. The van der Waals surface area contributed by atoms with Gasteiger partial charge in [0, 0.05) is 11.1 Å². The van der Waals surface area contributed by atoms with Gasteiger partial charge in [-0.15, -0.1) is 0 Å². The second-order valence-corrected chi connectivity index (χ2v) is 3.41. The molecule has 0 aliphatic rings. The van der Waals surface area contributed by atoms with E-state index >= 15 is 0 Å². The molecule has 5 nitrogen and oxygen atoms in total. The first kappa shape index (κ1) is 12.2. The predicted molar refractivity (Wildman–Crippen MR) is 58.8 cm³/mol. The maximum atomic E-state index is 10.9. The fourth-order valence-electron chi connectivity index (χ4n) is 1.66. The normalized spacial score (nSPS) is 10.1. The highest BCUT2D eigenvalue weighted by molar-refractivity contribution is 5.88. The molecule has 0 unspecified atom stereocenters. The topological polar surface area (TPSA) is 80.4 Å². The largest absolute Gasteiger partial charge is 0.478 e. The van der Waals surface area contributed by atoms with Gasteiger partial charge in [0.05, 0.1) is 10.5 Å². The number of benzene rings is 1. The summed E-state index contributed by atoms with van der Waals surface area (Å²) in [5, 5.41) is 19.8. The average molecular weight is 223 g/mol. The van der Waals surface area contributed by atoms with Crippen molar-refractivity contribution in [2.75, 3.05) is 0 Å². The van der Waals surface area contributed by atoms with Gasteiger partial charge in [-0.25, -0.2) is 4.79 Å². The Balaban J connectivity index is 3.49. The van der Waals surface area contributed by atoms with Gasteiger partial charge in [-0.05, 0) is 25.0 Å². The summed E-state index contributed by atoms with van der Waals surface area (Å²) >= 11 is 0. The van der Waals surface area contributed by atoms with Crippen molar-refractivity contribution < 1.29 is 14.8 Å². The summed E-state index contributed by atoms with van der Waals surface area (Å²) < 4.78 is 0. The van der Waals surface area contributed by atoms with Crippen LogP contribution in [0.25, 0.3) is 0 Å². The number of hydrogen-bond acceptors (Lipinski definition) is 3. The summed E-state index contributed by atoms with van der Waals surface area (Å²) in [4.78, 5) is 21.3. The monoisotopic (exact) mass is 223 g/mol. The number of carboxylic acid groups (broad SMARTS) is 1. The Morgan fingerprint density at radius 3 is 2.00 bits per heavy atom. The maximum absolute atomic E-state index is 10.9. The van der Waals surface area contributed by atoms with E-state index in [0.717, 1.165) is 0 Å². The molecule has 0 saturated heterocycles. The molecule has 1 N–H and O–H groups in total. The zero-order valence-electron chi connectivity index (χ0n) is 9.19. The Bertz CT molecular complexity index is 415. The smallest absolute Gasteiger partial charge is 0.335 e. The van der Waals surface area contributed by atoms with Crippen LogP contribution in [-0.2, 0) is 12.8 Å². The standard InChI is InChI=1S/C11H13NO4/c1-3-7-5-9(11(13)14)6-8(4-2)10(7)12(15)16/h5-6H,3-4H2,1-2H3,(H,13,14). The molecule has 0 bridgehead atoms. The van der Waals surface area contributed by atoms with E-state index in [4.69, 9.17) is 5.11 Å². The first-order valence-corrected chi connectivity index (χ1v) is 5.04. The van der Waals surface area contributed by atoms with E-state index in [-0.39, 0.29) is 11.3 Å². The number of carboxylic acids is 1. The molecule has 0 heterocycles. The minimum absolute atomic E-state index is 0.0509. The number of aryl methyl sites for hydroxylation is 2.